The maximum absolute atomic E-state index is 11.8. The number of nitrogens with one attached hydrogen (secondary N) is 2. The van der Waals surface area contributed by atoms with Gasteiger partial charge in [-0.15, -0.1) is 0 Å². The fraction of sp³-hybridized carbons (Fsp3) is 0.375. The number of para-hydroxylation sites is 1. The van der Waals surface area contributed by atoms with Gasteiger partial charge in [0.25, 0.3) is 0 Å². The molecule has 0 spiro atoms. The molecule has 21 heavy (non-hydrogen) atoms. The van der Waals surface area contributed by atoms with Gasteiger partial charge >= 0.3 is 5.97 Å². The molecule has 3 rings (SSSR count). The Kier molecular flexibility index (Phi) is 3.01. The first-order valence-electron chi connectivity index (χ1n) is 7.04. The third-order valence-corrected chi connectivity index (χ3v) is 4.30. The predicted molar refractivity (Wildman–Crippen MR) is 79.2 cm³/mol. The quantitative estimate of drug-likeness (QED) is 0.791. The molecule has 1 aliphatic rings. The van der Waals surface area contributed by atoms with Crippen LogP contribution in [0, 0.1) is 0 Å². The number of carboxylic acid groups (broad SMARTS) is 1. The van der Waals surface area contributed by atoms with Gasteiger partial charge in [-0.2, -0.15) is 0 Å². The van der Waals surface area contributed by atoms with E-state index in [0.717, 1.165) is 22.2 Å². The van der Waals surface area contributed by atoms with E-state index >= 15 is 0 Å². The van der Waals surface area contributed by atoms with E-state index in [2.05, 4.69) is 10.3 Å². The van der Waals surface area contributed by atoms with Crippen LogP contribution in [0.4, 0.5) is 0 Å². The lowest BCUT2D eigenvalue weighted by Crippen LogP contribution is -2.57. The monoisotopic (exact) mass is 286 g/mol. The number of amides is 1. The lowest BCUT2D eigenvalue weighted by molar-refractivity contribution is -0.148. The molecule has 0 saturated heterocycles. The number of aromatic nitrogens is 1. The smallest absolute Gasteiger partial charge is 0.329 e. The number of rotatable bonds is 2. The maximum Gasteiger partial charge on any atom is 0.329 e. The predicted octanol–water partition coefficient (Wildman–Crippen LogP) is 2.18. The largest absolute Gasteiger partial charge is 0.479 e. The minimum atomic E-state index is -1.22. The molecular formula is C16H18N2O3. The molecule has 0 fully saturated rings. The number of hydrogen-bond acceptors (Lipinski definition) is 2. The van der Waals surface area contributed by atoms with Crippen molar-refractivity contribution in [3.05, 3.63) is 35.5 Å². The summed E-state index contributed by atoms with van der Waals surface area (Å²) in [6, 6.07) is 7.87. The van der Waals surface area contributed by atoms with Crippen molar-refractivity contribution in [1.29, 1.82) is 0 Å². The van der Waals surface area contributed by atoms with E-state index in [1.165, 1.54) is 6.92 Å². The Morgan fingerprint density at radius 3 is 2.76 bits per heavy atom. The van der Waals surface area contributed by atoms with Gasteiger partial charge in [0.05, 0.1) is 0 Å². The number of fused-ring (bicyclic) bond motifs is 3. The van der Waals surface area contributed by atoms with Crippen LogP contribution in [-0.2, 0) is 16.0 Å². The van der Waals surface area contributed by atoms with Crippen molar-refractivity contribution in [2.75, 3.05) is 0 Å². The van der Waals surface area contributed by atoms with Gasteiger partial charge in [-0.1, -0.05) is 25.1 Å². The number of aliphatic carboxylic acids is 1. The zero-order chi connectivity index (χ0) is 15.2. The first-order chi connectivity index (χ1) is 9.93. The van der Waals surface area contributed by atoms with Crippen molar-refractivity contribution in [3.63, 3.8) is 0 Å². The van der Waals surface area contributed by atoms with Crippen LogP contribution >= 0.6 is 0 Å². The Morgan fingerprint density at radius 2 is 2.10 bits per heavy atom. The van der Waals surface area contributed by atoms with Crippen LogP contribution in [0.3, 0.4) is 0 Å². The van der Waals surface area contributed by atoms with Crippen molar-refractivity contribution in [2.24, 2.45) is 0 Å². The first kappa shape index (κ1) is 13.7. The molecule has 2 unspecified atom stereocenters. The van der Waals surface area contributed by atoms with Crippen molar-refractivity contribution in [1.82, 2.24) is 10.3 Å². The van der Waals surface area contributed by atoms with Crippen LogP contribution in [0.1, 0.15) is 37.4 Å². The molecule has 0 saturated carbocycles. The summed E-state index contributed by atoms with van der Waals surface area (Å²) in [6.45, 7) is 3.35. The summed E-state index contributed by atoms with van der Waals surface area (Å²) < 4.78 is 0. The van der Waals surface area contributed by atoms with E-state index in [1.54, 1.807) is 0 Å². The number of hydrogen-bond donors (Lipinski definition) is 3. The number of carboxylic acids is 1. The van der Waals surface area contributed by atoms with Crippen LogP contribution < -0.4 is 5.32 Å². The van der Waals surface area contributed by atoms with Crippen LogP contribution in [0.15, 0.2) is 24.3 Å². The van der Waals surface area contributed by atoms with E-state index < -0.39 is 11.5 Å². The summed E-state index contributed by atoms with van der Waals surface area (Å²) in [4.78, 5) is 26.7. The van der Waals surface area contributed by atoms with E-state index in [1.807, 2.05) is 31.2 Å². The third kappa shape index (κ3) is 2.09. The summed E-state index contributed by atoms with van der Waals surface area (Å²) in [7, 11) is 0. The van der Waals surface area contributed by atoms with Crippen molar-refractivity contribution >= 4 is 22.8 Å². The average molecular weight is 286 g/mol. The van der Waals surface area contributed by atoms with E-state index in [-0.39, 0.29) is 11.8 Å². The second-order valence-electron chi connectivity index (χ2n) is 5.91. The van der Waals surface area contributed by atoms with Crippen LogP contribution in [0.25, 0.3) is 10.9 Å². The SMILES string of the molecule is CC(=O)NC1(C(=O)O)Cc2c([nH]c3ccccc23)C(C)C1. The highest BCUT2D eigenvalue weighted by Gasteiger charge is 2.45. The number of H-pyrrole nitrogens is 1. The zero-order valence-corrected chi connectivity index (χ0v) is 12.1. The molecule has 1 amide bonds. The molecule has 0 bridgehead atoms. The summed E-state index contributed by atoms with van der Waals surface area (Å²) >= 11 is 0. The molecule has 0 aliphatic heterocycles. The number of carbonyl (C=O) groups is 2. The van der Waals surface area contributed by atoms with Gasteiger partial charge in [0.1, 0.15) is 5.54 Å². The Bertz CT molecular complexity index is 734. The van der Waals surface area contributed by atoms with E-state index in [0.29, 0.717) is 12.8 Å². The maximum atomic E-state index is 11.8. The van der Waals surface area contributed by atoms with Crippen LogP contribution in [-0.4, -0.2) is 27.5 Å². The molecule has 5 nitrogen and oxygen atoms in total. The minimum Gasteiger partial charge on any atom is -0.479 e. The van der Waals surface area contributed by atoms with Gasteiger partial charge in [0.15, 0.2) is 0 Å². The molecule has 0 radical (unpaired) electrons. The zero-order valence-electron chi connectivity index (χ0n) is 12.1. The molecule has 3 N–H and O–H groups in total. The third-order valence-electron chi connectivity index (χ3n) is 4.30. The lowest BCUT2D eigenvalue weighted by atomic mass is 9.75. The molecule has 110 valence electrons. The summed E-state index contributed by atoms with van der Waals surface area (Å²) in [6.07, 6.45) is 0.702. The molecule has 2 atom stereocenters. The van der Waals surface area contributed by atoms with Gasteiger partial charge in [-0.3, -0.25) is 4.79 Å². The summed E-state index contributed by atoms with van der Waals surface area (Å²) in [5.74, 6) is -1.24. The highest BCUT2D eigenvalue weighted by atomic mass is 16.4. The molecule has 1 aliphatic carbocycles. The molecule has 1 heterocycles. The van der Waals surface area contributed by atoms with Crippen molar-refractivity contribution in [2.45, 2.75) is 38.1 Å². The van der Waals surface area contributed by atoms with E-state index in [9.17, 15) is 14.7 Å². The molecular weight excluding hydrogens is 268 g/mol. The highest BCUT2D eigenvalue weighted by Crippen LogP contribution is 2.40. The average Bonchev–Trinajstić information content (AvgIpc) is 2.77. The lowest BCUT2D eigenvalue weighted by Gasteiger charge is -2.37. The second-order valence-corrected chi connectivity index (χ2v) is 5.91. The van der Waals surface area contributed by atoms with Gasteiger partial charge in [0.2, 0.25) is 5.91 Å². The number of aromatic amines is 1. The minimum absolute atomic E-state index is 0.0455. The highest BCUT2D eigenvalue weighted by molar-refractivity contribution is 5.90. The fourth-order valence-corrected chi connectivity index (χ4v) is 3.48. The Labute approximate surface area is 122 Å². The van der Waals surface area contributed by atoms with Crippen LogP contribution in [0.5, 0.6) is 0 Å². The van der Waals surface area contributed by atoms with Crippen molar-refractivity contribution < 1.29 is 14.7 Å². The van der Waals surface area contributed by atoms with E-state index in [4.69, 9.17) is 0 Å². The second kappa shape index (κ2) is 4.62. The molecule has 2 aromatic rings. The number of benzene rings is 1. The standard InChI is InChI=1S/C16H18N2O3/c1-9-7-16(15(20)21,18-10(2)19)8-12-11-5-3-4-6-13(11)17-14(9)12/h3-6,9,17H,7-8H2,1-2H3,(H,18,19)(H,20,21). The van der Waals surface area contributed by atoms with Crippen LogP contribution in [0.2, 0.25) is 0 Å². The normalized spacial score (nSPS) is 24.6. The fourth-order valence-electron chi connectivity index (χ4n) is 3.48. The van der Waals surface area contributed by atoms with Gasteiger partial charge < -0.3 is 15.4 Å². The summed E-state index contributed by atoms with van der Waals surface area (Å²) in [5, 5.41) is 13.4. The van der Waals surface area contributed by atoms with Gasteiger partial charge in [0, 0.05) is 29.9 Å². The molecule has 1 aromatic carbocycles. The Balaban J connectivity index is 2.15. The topological polar surface area (TPSA) is 82.2 Å². The molecule has 5 heteroatoms. The Morgan fingerprint density at radius 1 is 1.38 bits per heavy atom. The Hall–Kier alpha value is -2.30. The molecule has 1 aromatic heterocycles. The first-order valence-corrected chi connectivity index (χ1v) is 7.04. The number of carbonyl (C=O) groups excluding carboxylic acids is 1. The summed E-state index contributed by atoms with van der Waals surface area (Å²) in [5.41, 5.74) is 1.88. The van der Waals surface area contributed by atoms with Crippen molar-refractivity contribution in [3.8, 4) is 0 Å². The van der Waals surface area contributed by atoms with Gasteiger partial charge in [-0.05, 0) is 24.0 Å². The van der Waals surface area contributed by atoms with Gasteiger partial charge in [-0.25, -0.2) is 4.79 Å².